The van der Waals surface area contributed by atoms with Gasteiger partial charge in [0.15, 0.2) is 0 Å². The maximum absolute atomic E-state index is 12.4. The van der Waals surface area contributed by atoms with Gasteiger partial charge in [0.05, 0.1) is 5.69 Å². The number of nitrogens with zero attached hydrogens (tertiary/aromatic N) is 2. The lowest BCUT2D eigenvalue weighted by atomic mass is 10.2. The second-order valence-electron chi connectivity index (χ2n) is 4.12. The van der Waals surface area contributed by atoms with Crippen molar-refractivity contribution in [1.82, 2.24) is 9.29 Å². The van der Waals surface area contributed by atoms with E-state index in [0.29, 0.717) is 18.8 Å². The Kier molecular flexibility index (Phi) is 3.76. The number of piperidine rings is 1. The van der Waals surface area contributed by atoms with E-state index in [1.165, 1.54) is 4.31 Å². The Balaban J connectivity index is 2.36. The predicted molar refractivity (Wildman–Crippen MR) is 64.7 cm³/mol. The van der Waals surface area contributed by atoms with E-state index in [4.69, 9.17) is 5.73 Å². The van der Waals surface area contributed by atoms with Crippen LogP contribution in [-0.2, 0) is 16.6 Å². The molecular weight excluding hydrogens is 238 g/mol. The molecule has 1 saturated heterocycles. The first-order chi connectivity index (χ1) is 8.16. The molecule has 0 saturated carbocycles. The summed E-state index contributed by atoms with van der Waals surface area (Å²) in [6, 6.07) is 3.22. The maximum atomic E-state index is 12.4. The highest BCUT2D eigenvalue weighted by Crippen LogP contribution is 2.21. The summed E-state index contributed by atoms with van der Waals surface area (Å²) < 4.78 is 26.3. The molecule has 1 aliphatic heterocycles. The maximum Gasteiger partial charge on any atom is 0.244 e. The van der Waals surface area contributed by atoms with Gasteiger partial charge in [-0.05, 0) is 25.0 Å². The molecule has 2 N–H and O–H groups in total. The largest absolute Gasteiger partial charge is 0.325 e. The lowest BCUT2D eigenvalue weighted by molar-refractivity contribution is 0.346. The van der Waals surface area contributed by atoms with Crippen molar-refractivity contribution in [1.29, 1.82) is 0 Å². The smallest absolute Gasteiger partial charge is 0.244 e. The number of sulfonamides is 1. The van der Waals surface area contributed by atoms with Crippen molar-refractivity contribution in [2.45, 2.75) is 30.7 Å². The second-order valence-corrected chi connectivity index (χ2v) is 6.02. The lowest BCUT2D eigenvalue weighted by Gasteiger charge is -2.26. The topological polar surface area (TPSA) is 76.3 Å². The highest BCUT2D eigenvalue weighted by Gasteiger charge is 2.27. The van der Waals surface area contributed by atoms with Crippen molar-refractivity contribution in [3.05, 3.63) is 24.0 Å². The van der Waals surface area contributed by atoms with Crippen LogP contribution in [0.25, 0.3) is 0 Å². The third-order valence-corrected chi connectivity index (χ3v) is 4.95. The first kappa shape index (κ1) is 12.5. The summed E-state index contributed by atoms with van der Waals surface area (Å²) in [4.78, 5) is 4.28. The van der Waals surface area contributed by atoms with Crippen LogP contribution in [0.2, 0.25) is 0 Å². The third kappa shape index (κ3) is 2.48. The van der Waals surface area contributed by atoms with E-state index in [2.05, 4.69) is 4.98 Å². The summed E-state index contributed by atoms with van der Waals surface area (Å²) in [5.41, 5.74) is 5.97. The van der Waals surface area contributed by atoms with Crippen molar-refractivity contribution in [2.75, 3.05) is 13.1 Å². The molecular formula is C11H17N3O2S. The van der Waals surface area contributed by atoms with Crippen LogP contribution in [0.3, 0.4) is 0 Å². The van der Waals surface area contributed by atoms with Gasteiger partial charge in [-0.1, -0.05) is 6.42 Å². The molecule has 0 unspecified atom stereocenters. The quantitative estimate of drug-likeness (QED) is 0.863. The normalized spacial score (nSPS) is 18.2. The average molecular weight is 255 g/mol. The van der Waals surface area contributed by atoms with E-state index in [-0.39, 0.29) is 11.4 Å². The van der Waals surface area contributed by atoms with Gasteiger partial charge in [-0.3, -0.25) is 4.98 Å². The molecule has 1 aromatic heterocycles. The van der Waals surface area contributed by atoms with Crippen molar-refractivity contribution >= 4 is 10.0 Å². The summed E-state index contributed by atoms with van der Waals surface area (Å²) in [6.07, 6.45) is 4.52. The summed E-state index contributed by atoms with van der Waals surface area (Å²) in [5, 5.41) is 0. The van der Waals surface area contributed by atoms with Gasteiger partial charge >= 0.3 is 0 Å². The molecule has 1 aliphatic rings. The Labute approximate surface area is 102 Å². The lowest BCUT2D eigenvalue weighted by Crippen LogP contribution is -2.36. The van der Waals surface area contributed by atoms with E-state index in [1.54, 1.807) is 18.3 Å². The van der Waals surface area contributed by atoms with Crippen LogP contribution in [0.5, 0.6) is 0 Å². The monoisotopic (exact) mass is 255 g/mol. The zero-order valence-corrected chi connectivity index (χ0v) is 10.5. The SMILES string of the molecule is NCc1ncccc1S(=O)(=O)N1CCCCC1. The molecule has 0 aromatic carbocycles. The zero-order chi connectivity index (χ0) is 12.3. The first-order valence-electron chi connectivity index (χ1n) is 5.80. The molecule has 0 spiro atoms. The van der Waals surface area contributed by atoms with Crippen LogP contribution in [0, 0.1) is 0 Å². The summed E-state index contributed by atoms with van der Waals surface area (Å²) in [5.74, 6) is 0. The minimum absolute atomic E-state index is 0.142. The van der Waals surface area contributed by atoms with Crippen LogP contribution in [0.15, 0.2) is 23.2 Å². The minimum Gasteiger partial charge on any atom is -0.325 e. The average Bonchev–Trinajstić information content (AvgIpc) is 2.39. The van der Waals surface area contributed by atoms with Gasteiger partial charge in [-0.25, -0.2) is 8.42 Å². The number of hydrogen-bond acceptors (Lipinski definition) is 4. The molecule has 0 aliphatic carbocycles. The molecule has 94 valence electrons. The fourth-order valence-electron chi connectivity index (χ4n) is 2.06. The van der Waals surface area contributed by atoms with E-state index in [0.717, 1.165) is 19.3 Å². The predicted octanol–water partition coefficient (Wildman–Crippen LogP) is 0.715. The molecule has 6 heteroatoms. The van der Waals surface area contributed by atoms with E-state index >= 15 is 0 Å². The molecule has 17 heavy (non-hydrogen) atoms. The first-order valence-corrected chi connectivity index (χ1v) is 7.24. The molecule has 2 rings (SSSR count). The standard InChI is InChI=1S/C11H17N3O2S/c12-9-10-11(5-4-6-13-10)17(15,16)14-7-2-1-3-8-14/h4-6H,1-3,7-9,12H2. The molecule has 2 heterocycles. The molecule has 1 fully saturated rings. The highest BCUT2D eigenvalue weighted by atomic mass is 32.2. The Bertz CT molecular complexity index is 481. The second kappa shape index (κ2) is 5.12. The van der Waals surface area contributed by atoms with Gasteiger partial charge in [-0.2, -0.15) is 4.31 Å². The van der Waals surface area contributed by atoms with Crippen LogP contribution in [0.1, 0.15) is 25.0 Å². The van der Waals surface area contributed by atoms with E-state index in [1.807, 2.05) is 0 Å². The van der Waals surface area contributed by atoms with Gasteiger partial charge in [0.1, 0.15) is 4.90 Å². The van der Waals surface area contributed by atoms with Gasteiger partial charge in [0.25, 0.3) is 0 Å². The number of nitrogens with two attached hydrogens (primary N) is 1. The highest BCUT2D eigenvalue weighted by molar-refractivity contribution is 7.89. The van der Waals surface area contributed by atoms with Gasteiger partial charge in [-0.15, -0.1) is 0 Å². The molecule has 0 radical (unpaired) electrons. The zero-order valence-electron chi connectivity index (χ0n) is 9.67. The molecule has 0 atom stereocenters. The van der Waals surface area contributed by atoms with Crippen LogP contribution < -0.4 is 5.73 Å². The van der Waals surface area contributed by atoms with Gasteiger partial charge < -0.3 is 5.73 Å². The fraction of sp³-hybridized carbons (Fsp3) is 0.545. The molecule has 5 nitrogen and oxygen atoms in total. The molecule has 0 amide bonds. The Hall–Kier alpha value is -0.980. The Morgan fingerprint density at radius 2 is 2.00 bits per heavy atom. The molecule has 1 aromatic rings. The Morgan fingerprint density at radius 1 is 1.29 bits per heavy atom. The van der Waals surface area contributed by atoms with Crippen molar-refractivity contribution in [2.24, 2.45) is 5.73 Å². The number of aromatic nitrogens is 1. The number of hydrogen-bond donors (Lipinski definition) is 1. The number of rotatable bonds is 3. The van der Waals surface area contributed by atoms with E-state index in [9.17, 15) is 8.42 Å². The van der Waals surface area contributed by atoms with Crippen molar-refractivity contribution in [3.8, 4) is 0 Å². The Morgan fingerprint density at radius 3 is 2.65 bits per heavy atom. The summed E-state index contributed by atoms with van der Waals surface area (Å²) in [7, 11) is -3.41. The van der Waals surface area contributed by atoms with Crippen molar-refractivity contribution < 1.29 is 8.42 Å². The van der Waals surface area contributed by atoms with E-state index < -0.39 is 10.0 Å². The van der Waals surface area contributed by atoms with Gasteiger partial charge in [0, 0.05) is 25.8 Å². The summed E-state index contributed by atoms with van der Waals surface area (Å²) in [6.45, 7) is 1.34. The third-order valence-electron chi connectivity index (χ3n) is 2.97. The van der Waals surface area contributed by atoms with Crippen molar-refractivity contribution in [3.63, 3.8) is 0 Å². The number of pyridine rings is 1. The van der Waals surface area contributed by atoms with Gasteiger partial charge in [0.2, 0.25) is 10.0 Å². The van der Waals surface area contributed by atoms with Crippen LogP contribution >= 0.6 is 0 Å². The summed E-state index contributed by atoms with van der Waals surface area (Å²) >= 11 is 0. The molecule has 0 bridgehead atoms. The minimum atomic E-state index is -3.41. The van der Waals surface area contributed by atoms with Crippen LogP contribution in [-0.4, -0.2) is 30.8 Å². The van der Waals surface area contributed by atoms with Crippen LogP contribution in [0.4, 0.5) is 0 Å². The fourth-order valence-corrected chi connectivity index (χ4v) is 3.76.